The molecule has 156 valence electrons. The molecule has 0 saturated carbocycles. The van der Waals surface area contributed by atoms with Gasteiger partial charge >= 0.3 is 0 Å². The van der Waals surface area contributed by atoms with E-state index in [1.165, 1.54) is 37.6 Å². The van der Waals surface area contributed by atoms with Crippen molar-refractivity contribution < 1.29 is 26.7 Å². The number of nitrogens with zero attached hydrogens (tertiary/aromatic N) is 2. The zero-order chi connectivity index (χ0) is 21.7. The highest BCUT2D eigenvalue weighted by molar-refractivity contribution is 7.92. The Balaban J connectivity index is 1.93. The monoisotopic (exact) mass is 433 g/mol. The zero-order valence-corrected chi connectivity index (χ0v) is 16.6. The summed E-state index contributed by atoms with van der Waals surface area (Å²) in [4.78, 5) is 16.2. The van der Waals surface area contributed by atoms with Gasteiger partial charge in [0.25, 0.3) is 10.0 Å². The maximum atomic E-state index is 13.8. The Morgan fingerprint density at radius 1 is 1.13 bits per heavy atom. The van der Waals surface area contributed by atoms with Gasteiger partial charge in [0.15, 0.2) is 0 Å². The second-order valence-corrected chi connectivity index (χ2v) is 7.93. The molecule has 0 saturated heterocycles. The quantitative estimate of drug-likeness (QED) is 0.618. The highest BCUT2D eigenvalue weighted by atomic mass is 32.2. The number of amides is 1. The lowest BCUT2D eigenvalue weighted by atomic mass is 10.3. The highest BCUT2D eigenvalue weighted by Gasteiger charge is 2.27. The number of pyridine rings is 1. The number of carbonyl (C=O) groups is 1. The zero-order valence-electron chi connectivity index (χ0n) is 15.7. The van der Waals surface area contributed by atoms with Gasteiger partial charge in [-0.1, -0.05) is 0 Å². The van der Waals surface area contributed by atoms with Gasteiger partial charge in [0.05, 0.1) is 18.5 Å². The third-order valence-electron chi connectivity index (χ3n) is 4.08. The average Bonchev–Trinajstić information content (AvgIpc) is 2.75. The molecular formula is C20H17F2N3O4S. The Morgan fingerprint density at radius 3 is 2.47 bits per heavy atom. The minimum absolute atomic E-state index is 0.124. The number of aromatic nitrogens is 1. The molecule has 0 fully saturated rings. The van der Waals surface area contributed by atoms with E-state index in [1.807, 2.05) is 0 Å². The SMILES string of the molecule is COc1ccc(N(CC(=O)Nc2ccc(F)cc2F)S(=O)(=O)c2cccnc2)cc1. The number of hydrogen-bond donors (Lipinski definition) is 1. The summed E-state index contributed by atoms with van der Waals surface area (Å²) in [5.41, 5.74) is -0.0794. The van der Waals surface area contributed by atoms with Crippen LogP contribution in [0, 0.1) is 11.6 Å². The Bertz CT molecular complexity index is 1140. The number of nitrogens with one attached hydrogen (secondary N) is 1. The molecule has 3 rings (SSSR count). The van der Waals surface area contributed by atoms with Crippen molar-refractivity contribution in [3.63, 3.8) is 0 Å². The van der Waals surface area contributed by atoms with Gasteiger partial charge in [0.2, 0.25) is 5.91 Å². The molecule has 0 radical (unpaired) electrons. The predicted molar refractivity (Wildman–Crippen MR) is 107 cm³/mol. The predicted octanol–water partition coefficient (Wildman–Crippen LogP) is 3.20. The number of methoxy groups -OCH3 is 1. The second kappa shape index (κ2) is 8.87. The molecule has 1 N–H and O–H groups in total. The van der Waals surface area contributed by atoms with Crippen LogP contribution in [0.4, 0.5) is 20.2 Å². The molecule has 0 aliphatic carbocycles. The van der Waals surface area contributed by atoms with Gasteiger partial charge in [-0.05, 0) is 48.5 Å². The van der Waals surface area contributed by atoms with E-state index >= 15 is 0 Å². The number of benzene rings is 2. The Kier molecular flexibility index (Phi) is 6.26. The fraction of sp³-hybridized carbons (Fsp3) is 0.100. The molecule has 30 heavy (non-hydrogen) atoms. The van der Waals surface area contributed by atoms with Crippen molar-refractivity contribution in [1.82, 2.24) is 4.98 Å². The van der Waals surface area contributed by atoms with Crippen molar-refractivity contribution in [3.8, 4) is 5.75 Å². The number of hydrogen-bond acceptors (Lipinski definition) is 5. The third kappa shape index (κ3) is 4.71. The van der Waals surface area contributed by atoms with E-state index in [-0.39, 0.29) is 16.3 Å². The van der Waals surface area contributed by atoms with Crippen LogP contribution in [0.3, 0.4) is 0 Å². The summed E-state index contributed by atoms with van der Waals surface area (Å²) in [6, 6.07) is 11.5. The van der Waals surface area contributed by atoms with Crippen molar-refractivity contribution in [1.29, 1.82) is 0 Å². The van der Waals surface area contributed by atoms with Crippen molar-refractivity contribution in [2.75, 3.05) is 23.3 Å². The first-order valence-electron chi connectivity index (χ1n) is 8.63. The molecule has 0 spiro atoms. The number of sulfonamides is 1. The maximum Gasteiger partial charge on any atom is 0.266 e. The Hall–Kier alpha value is -3.53. The molecule has 0 unspecified atom stereocenters. The van der Waals surface area contributed by atoms with Gasteiger partial charge in [-0.25, -0.2) is 17.2 Å². The molecule has 7 nitrogen and oxygen atoms in total. The number of carbonyl (C=O) groups excluding carboxylic acids is 1. The van der Waals surface area contributed by atoms with Crippen LogP contribution in [-0.4, -0.2) is 33.0 Å². The number of anilines is 2. The fourth-order valence-corrected chi connectivity index (χ4v) is 3.99. The molecular weight excluding hydrogens is 416 g/mol. The molecule has 1 amide bonds. The maximum absolute atomic E-state index is 13.8. The lowest BCUT2D eigenvalue weighted by Crippen LogP contribution is -2.38. The summed E-state index contributed by atoms with van der Waals surface area (Å²) < 4.78 is 59.1. The van der Waals surface area contributed by atoms with E-state index in [2.05, 4.69) is 10.3 Å². The fourth-order valence-electron chi connectivity index (χ4n) is 2.60. The van der Waals surface area contributed by atoms with E-state index in [9.17, 15) is 22.0 Å². The van der Waals surface area contributed by atoms with Gasteiger partial charge in [0, 0.05) is 18.5 Å². The van der Waals surface area contributed by atoms with E-state index < -0.39 is 34.1 Å². The molecule has 0 bridgehead atoms. The lowest BCUT2D eigenvalue weighted by Gasteiger charge is -2.24. The van der Waals surface area contributed by atoms with Crippen molar-refractivity contribution in [3.05, 3.63) is 78.6 Å². The van der Waals surface area contributed by atoms with Crippen LogP contribution < -0.4 is 14.4 Å². The molecule has 1 aromatic heterocycles. The number of halogens is 2. The number of ether oxygens (including phenoxy) is 1. The van der Waals surface area contributed by atoms with Crippen LogP contribution in [0.15, 0.2) is 71.9 Å². The Morgan fingerprint density at radius 2 is 1.87 bits per heavy atom. The molecule has 0 atom stereocenters. The van der Waals surface area contributed by atoms with Gasteiger partial charge in [-0.2, -0.15) is 0 Å². The molecule has 1 heterocycles. The van der Waals surface area contributed by atoms with Crippen molar-refractivity contribution in [2.24, 2.45) is 0 Å². The summed E-state index contributed by atoms with van der Waals surface area (Å²) in [6.07, 6.45) is 2.57. The van der Waals surface area contributed by atoms with Gasteiger partial charge < -0.3 is 10.1 Å². The van der Waals surface area contributed by atoms with Crippen molar-refractivity contribution >= 4 is 27.3 Å². The van der Waals surface area contributed by atoms with E-state index in [0.29, 0.717) is 11.8 Å². The molecule has 0 aliphatic heterocycles. The summed E-state index contributed by atoms with van der Waals surface area (Å²) in [5.74, 6) is -2.10. The normalized spacial score (nSPS) is 11.0. The van der Waals surface area contributed by atoms with Gasteiger partial charge in [0.1, 0.15) is 28.8 Å². The lowest BCUT2D eigenvalue weighted by molar-refractivity contribution is -0.114. The van der Waals surface area contributed by atoms with Crippen LogP contribution in [0.5, 0.6) is 5.75 Å². The first-order chi connectivity index (χ1) is 14.3. The molecule has 2 aromatic carbocycles. The summed E-state index contributed by atoms with van der Waals surface area (Å²) >= 11 is 0. The third-order valence-corrected chi connectivity index (χ3v) is 5.83. The van der Waals surface area contributed by atoms with Crippen LogP contribution in [0.2, 0.25) is 0 Å². The van der Waals surface area contributed by atoms with Crippen LogP contribution >= 0.6 is 0 Å². The number of rotatable bonds is 7. The van der Waals surface area contributed by atoms with Crippen molar-refractivity contribution in [2.45, 2.75) is 4.90 Å². The molecule has 10 heteroatoms. The average molecular weight is 433 g/mol. The van der Waals surface area contributed by atoms with E-state index in [0.717, 1.165) is 22.6 Å². The van der Waals surface area contributed by atoms with Gasteiger partial charge in [-0.15, -0.1) is 0 Å². The first-order valence-corrected chi connectivity index (χ1v) is 10.1. The standard InChI is InChI=1S/C20H17F2N3O4S/c1-29-16-7-5-15(6-8-16)25(30(27,28)17-3-2-10-23-12-17)13-20(26)24-19-9-4-14(21)11-18(19)22/h2-12H,13H2,1H3,(H,24,26). The first kappa shape index (κ1) is 21.2. The second-order valence-electron chi connectivity index (χ2n) is 6.07. The summed E-state index contributed by atoms with van der Waals surface area (Å²) in [6.45, 7) is -0.652. The van der Waals surface area contributed by atoms with E-state index in [1.54, 1.807) is 12.1 Å². The topological polar surface area (TPSA) is 88.6 Å². The van der Waals surface area contributed by atoms with Crippen LogP contribution in [0.25, 0.3) is 0 Å². The summed E-state index contributed by atoms with van der Waals surface area (Å²) in [7, 11) is -2.70. The van der Waals surface area contributed by atoms with Crippen LogP contribution in [-0.2, 0) is 14.8 Å². The Labute approximate surface area is 172 Å². The molecule has 3 aromatic rings. The largest absolute Gasteiger partial charge is 0.497 e. The highest BCUT2D eigenvalue weighted by Crippen LogP contribution is 2.25. The minimum Gasteiger partial charge on any atom is -0.497 e. The van der Waals surface area contributed by atoms with E-state index in [4.69, 9.17) is 4.74 Å². The molecule has 0 aliphatic rings. The summed E-state index contributed by atoms with van der Waals surface area (Å²) in [5, 5.41) is 2.26. The minimum atomic E-state index is -4.16. The van der Waals surface area contributed by atoms with Gasteiger partial charge in [-0.3, -0.25) is 14.1 Å². The van der Waals surface area contributed by atoms with Crippen LogP contribution in [0.1, 0.15) is 0 Å². The smallest absolute Gasteiger partial charge is 0.266 e.